The summed E-state index contributed by atoms with van der Waals surface area (Å²) in [6, 6.07) is 4.05. The molecule has 0 fully saturated rings. The van der Waals surface area contributed by atoms with E-state index in [1.54, 1.807) is 0 Å². The maximum absolute atomic E-state index is 5.83. The molecule has 2 N–H and O–H groups in total. The van der Waals surface area contributed by atoms with E-state index in [1.807, 2.05) is 19.1 Å². The number of ether oxygens (including phenoxy) is 1. The van der Waals surface area contributed by atoms with Crippen molar-refractivity contribution in [3.63, 3.8) is 0 Å². The lowest BCUT2D eigenvalue weighted by molar-refractivity contribution is 0.138. The van der Waals surface area contributed by atoms with Crippen molar-refractivity contribution in [2.75, 3.05) is 5.73 Å². The van der Waals surface area contributed by atoms with Gasteiger partial charge in [0, 0.05) is 17.7 Å². The topological polar surface area (TPSA) is 35.2 Å². The maximum Gasteiger partial charge on any atom is 0.123 e. The van der Waals surface area contributed by atoms with E-state index in [4.69, 9.17) is 10.5 Å². The molecule has 0 saturated heterocycles. The molecule has 0 amide bonds. The van der Waals surface area contributed by atoms with Crippen molar-refractivity contribution in [3.05, 3.63) is 23.3 Å². The number of anilines is 1. The minimum Gasteiger partial charge on any atom is -0.487 e. The van der Waals surface area contributed by atoms with Crippen LogP contribution in [0.2, 0.25) is 0 Å². The van der Waals surface area contributed by atoms with E-state index in [0.717, 1.165) is 23.4 Å². The molecule has 0 bridgehead atoms. The molecule has 70 valence electrons. The molecule has 1 heterocycles. The van der Waals surface area contributed by atoms with Crippen LogP contribution in [-0.4, -0.2) is 5.60 Å². The zero-order valence-electron chi connectivity index (χ0n) is 8.35. The van der Waals surface area contributed by atoms with Crippen molar-refractivity contribution in [3.8, 4) is 5.75 Å². The second-order valence-corrected chi connectivity index (χ2v) is 4.36. The van der Waals surface area contributed by atoms with Crippen LogP contribution in [0.25, 0.3) is 0 Å². The Hall–Kier alpha value is -1.18. The van der Waals surface area contributed by atoms with E-state index in [-0.39, 0.29) is 5.60 Å². The maximum atomic E-state index is 5.83. The van der Waals surface area contributed by atoms with E-state index in [9.17, 15) is 0 Å². The van der Waals surface area contributed by atoms with Crippen molar-refractivity contribution in [1.82, 2.24) is 0 Å². The highest BCUT2D eigenvalue weighted by molar-refractivity contribution is 5.55. The average molecular weight is 177 g/mol. The van der Waals surface area contributed by atoms with E-state index in [2.05, 4.69) is 13.8 Å². The second kappa shape index (κ2) is 2.41. The van der Waals surface area contributed by atoms with Gasteiger partial charge in [0.05, 0.1) is 0 Å². The van der Waals surface area contributed by atoms with Crippen LogP contribution in [-0.2, 0) is 6.42 Å². The molecule has 2 nitrogen and oxygen atoms in total. The largest absolute Gasteiger partial charge is 0.487 e. The Morgan fingerprint density at radius 3 is 2.77 bits per heavy atom. The molecule has 2 rings (SSSR count). The van der Waals surface area contributed by atoms with E-state index in [1.165, 1.54) is 5.56 Å². The number of hydrogen-bond acceptors (Lipinski definition) is 2. The van der Waals surface area contributed by atoms with Crippen molar-refractivity contribution in [2.45, 2.75) is 32.8 Å². The fraction of sp³-hybridized carbons (Fsp3) is 0.455. The molecule has 0 spiro atoms. The van der Waals surface area contributed by atoms with Gasteiger partial charge in [-0.15, -0.1) is 0 Å². The number of nitrogens with two attached hydrogens (primary N) is 1. The first-order valence-corrected chi connectivity index (χ1v) is 4.56. The zero-order valence-corrected chi connectivity index (χ0v) is 8.35. The molecule has 0 unspecified atom stereocenters. The van der Waals surface area contributed by atoms with Crippen molar-refractivity contribution < 1.29 is 4.74 Å². The minimum atomic E-state index is -0.0669. The summed E-state index contributed by atoms with van der Waals surface area (Å²) in [5, 5.41) is 0. The van der Waals surface area contributed by atoms with E-state index in [0.29, 0.717) is 0 Å². The molecule has 1 aromatic rings. The number of rotatable bonds is 0. The standard InChI is InChI=1S/C11H15NO/c1-7-4-10-8(5-9(7)12)6-11(2,3)13-10/h4-5H,6,12H2,1-3H3. The van der Waals surface area contributed by atoms with Crippen LogP contribution in [0.3, 0.4) is 0 Å². The van der Waals surface area contributed by atoms with Crippen LogP contribution >= 0.6 is 0 Å². The Balaban J connectivity index is 2.48. The Bertz CT molecular complexity index is 322. The minimum absolute atomic E-state index is 0.0669. The highest BCUT2D eigenvalue weighted by Gasteiger charge is 2.30. The average Bonchev–Trinajstić information content (AvgIpc) is 2.24. The summed E-state index contributed by atoms with van der Waals surface area (Å²) in [7, 11) is 0. The predicted octanol–water partition coefficient (Wildman–Crippen LogP) is 2.29. The SMILES string of the molecule is Cc1cc2c(cc1N)CC(C)(C)O2. The molecular weight excluding hydrogens is 162 g/mol. The van der Waals surface area contributed by atoms with E-state index < -0.39 is 0 Å². The molecule has 13 heavy (non-hydrogen) atoms. The molecular formula is C11H15NO. The zero-order chi connectivity index (χ0) is 9.64. The Morgan fingerprint density at radius 2 is 2.08 bits per heavy atom. The molecule has 1 aromatic carbocycles. The van der Waals surface area contributed by atoms with Crippen LogP contribution in [0.4, 0.5) is 5.69 Å². The van der Waals surface area contributed by atoms with Gasteiger partial charge in [0.2, 0.25) is 0 Å². The van der Waals surface area contributed by atoms with Gasteiger partial charge in [-0.3, -0.25) is 0 Å². The Morgan fingerprint density at radius 1 is 1.38 bits per heavy atom. The number of fused-ring (bicyclic) bond motifs is 1. The summed E-state index contributed by atoms with van der Waals surface area (Å²) >= 11 is 0. The van der Waals surface area contributed by atoms with Crippen LogP contribution in [0.1, 0.15) is 25.0 Å². The molecule has 0 radical (unpaired) electrons. The smallest absolute Gasteiger partial charge is 0.123 e. The van der Waals surface area contributed by atoms with Crippen molar-refractivity contribution in [1.29, 1.82) is 0 Å². The monoisotopic (exact) mass is 177 g/mol. The Labute approximate surface area is 78.7 Å². The van der Waals surface area contributed by atoms with E-state index >= 15 is 0 Å². The van der Waals surface area contributed by atoms with Gasteiger partial charge in [0.25, 0.3) is 0 Å². The van der Waals surface area contributed by atoms with Crippen LogP contribution in [0, 0.1) is 6.92 Å². The summed E-state index contributed by atoms with van der Waals surface area (Å²) < 4.78 is 5.77. The first kappa shape index (κ1) is 8.42. The molecule has 1 aliphatic heterocycles. The van der Waals surface area contributed by atoms with Crippen molar-refractivity contribution >= 4 is 5.69 Å². The summed E-state index contributed by atoms with van der Waals surface area (Å²) in [4.78, 5) is 0. The number of aryl methyl sites for hydroxylation is 1. The lowest BCUT2D eigenvalue weighted by atomic mass is 10.0. The predicted molar refractivity (Wildman–Crippen MR) is 54.0 cm³/mol. The summed E-state index contributed by atoms with van der Waals surface area (Å²) in [6.07, 6.45) is 0.951. The lowest BCUT2D eigenvalue weighted by Crippen LogP contribution is -2.24. The molecule has 0 aliphatic carbocycles. The van der Waals surface area contributed by atoms with Crippen LogP contribution in [0.5, 0.6) is 5.75 Å². The van der Waals surface area contributed by atoms with Gasteiger partial charge in [-0.05, 0) is 38.5 Å². The second-order valence-electron chi connectivity index (χ2n) is 4.36. The highest BCUT2D eigenvalue weighted by Crippen LogP contribution is 2.37. The third-order valence-corrected chi connectivity index (χ3v) is 2.45. The fourth-order valence-corrected chi connectivity index (χ4v) is 1.77. The molecule has 1 aliphatic rings. The summed E-state index contributed by atoms with van der Waals surface area (Å²) in [6.45, 7) is 6.20. The number of benzene rings is 1. The quantitative estimate of drug-likeness (QED) is 0.617. The van der Waals surface area contributed by atoms with Gasteiger partial charge in [0.1, 0.15) is 11.4 Å². The molecule has 0 aromatic heterocycles. The normalized spacial score (nSPS) is 18.1. The van der Waals surface area contributed by atoms with Gasteiger partial charge in [-0.2, -0.15) is 0 Å². The third kappa shape index (κ3) is 1.37. The highest BCUT2D eigenvalue weighted by atomic mass is 16.5. The van der Waals surface area contributed by atoms with Gasteiger partial charge >= 0.3 is 0 Å². The van der Waals surface area contributed by atoms with Gasteiger partial charge < -0.3 is 10.5 Å². The molecule has 0 saturated carbocycles. The van der Waals surface area contributed by atoms with Gasteiger partial charge in [-0.1, -0.05) is 0 Å². The summed E-state index contributed by atoms with van der Waals surface area (Å²) in [5.74, 6) is 0.997. The third-order valence-electron chi connectivity index (χ3n) is 2.45. The van der Waals surface area contributed by atoms with Gasteiger partial charge in [-0.25, -0.2) is 0 Å². The molecule has 2 heteroatoms. The van der Waals surface area contributed by atoms with Gasteiger partial charge in [0.15, 0.2) is 0 Å². The number of hydrogen-bond donors (Lipinski definition) is 1. The van der Waals surface area contributed by atoms with Crippen LogP contribution < -0.4 is 10.5 Å². The summed E-state index contributed by atoms with van der Waals surface area (Å²) in [5.41, 5.74) is 8.94. The Kier molecular flexibility index (Phi) is 1.56. The fourth-order valence-electron chi connectivity index (χ4n) is 1.77. The lowest BCUT2D eigenvalue weighted by Gasteiger charge is -2.16. The van der Waals surface area contributed by atoms with Crippen molar-refractivity contribution in [2.24, 2.45) is 0 Å². The van der Waals surface area contributed by atoms with Crippen LogP contribution in [0.15, 0.2) is 12.1 Å². The number of nitrogen functional groups attached to an aromatic ring is 1. The first-order valence-electron chi connectivity index (χ1n) is 4.56. The molecule has 0 atom stereocenters. The first-order chi connectivity index (χ1) is 5.98.